The van der Waals surface area contributed by atoms with Crippen molar-refractivity contribution < 1.29 is 9.53 Å². The van der Waals surface area contributed by atoms with Gasteiger partial charge in [0.1, 0.15) is 5.82 Å². The summed E-state index contributed by atoms with van der Waals surface area (Å²) in [6.45, 7) is 3.04. The monoisotopic (exact) mass is 269 g/mol. The fraction of sp³-hybridized carbons (Fsp3) is 0.200. The number of carbonyl (C=O) groups is 1. The third-order valence-electron chi connectivity index (χ3n) is 3.31. The number of nitrogens with one attached hydrogen (secondary N) is 1. The third-order valence-corrected chi connectivity index (χ3v) is 3.31. The van der Waals surface area contributed by atoms with Crippen molar-refractivity contribution in [3.05, 3.63) is 52.7 Å². The summed E-state index contributed by atoms with van der Waals surface area (Å²) in [5, 5.41) is 2.80. The predicted octanol–water partition coefficient (Wildman–Crippen LogP) is 2.25. The van der Waals surface area contributed by atoms with Crippen molar-refractivity contribution in [1.82, 2.24) is 4.98 Å². The van der Waals surface area contributed by atoms with Crippen LogP contribution < -0.4 is 11.1 Å². The first-order chi connectivity index (χ1) is 9.63. The summed E-state index contributed by atoms with van der Waals surface area (Å²) in [5.41, 5.74) is 9.87. The maximum Gasteiger partial charge on any atom is 0.256 e. The SMILES string of the molecule is Cc1cc(N)cnc1NC(=O)c1ccc2c(c1)COC2. The maximum atomic E-state index is 12.2. The highest BCUT2D eigenvalue weighted by atomic mass is 16.5. The molecule has 1 aliphatic rings. The van der Waals surface area contributed by atoms with Crippen LogP contribution in [-0.4, -0.2) is 10.9 Å². The fourth-order valence-electron chi connectivity index (χ4n) is 2.22. The molecule has 0 unspecified atom stereocenters. The first kappa shape index (κ1) is 12.6. The Labute approximate surface area is 116 Å². The average molecular weight is 269 g/mol. The van der Waals surface area contributed by atoms with E-state index in [1.807, 2.05) is 19.1 Å². The van der Waals surface area contributed by atoms with Gasteiger partial charge in [0.25, 0.3) is 5.91 Å². The highest BCUT2D eigenvalue weighted by Crippen LogP contribution is 2.22. The van der Waals surface area contributed by atoms with Crippen molar-refractivity contribution in [2.24, 2.45) is 0 Å². The van der Waals surface area contributed by atoms with Crippen LogP contribution in [0.1, 0.15) is 27.0 Å². The number of aryl methyl sites for hydroxylation is 1. The minimum atomic E-state index is -0.180. The van der Waals surface area contributed by atoms with Crippen LogP contribution in [0.2, 0.25) is 0 Å². The number of rotatable bonds is 2. The summed E-state index contributed by atoms with van der Waals surface area (Å²) < 4.78 is 5.34. The van der Waals surface area contributed by atoms with Gasteiger partial charge in [0.15, 0.2) is 0 Å². The van der Waals surface area contributed by atoms with E-state index in [0.717, 1.165) is 16.7 Å². The molecule has 1 aliphatic heterocycles. The van der Waals surface area contributed by atoms with E-state index in [2.05, 4.69) is 10.3 Å². The van der Waals surface area contributed by atoms with Gasteiger partial charge in [0.2, 0.25) is 0 Å². The van der Waals surface area contributed by atoms with Crippen molar-refractivity contribution in [3.8, 4) is 0 Å². The second-order valence-electron chi connectivity index (χ2n) is 4.86. The molecule has 2 aromatic rings. The van der Waals surface area contributed by atoms with Gasteiger partial charge in [-0.1, -0.05) is 6.07 Å². The maximum absolute atomic E-state index is 12.2. The molecule has 1 amide bonds. The molecular formula is C15H15N3O2. The van der Waals surface area contributed by atoms with Crippen LogP contribution in [0.15, 0.2) is 30.5 Å². The van der Waals surface area contributed by atoms with Crippen molar-refractivity contribution in [3.63, 3.8) is 0 Å². The van der Waals surface area contributed by atoms with Crippen molar-refractivity contribution in [1.29, 1.82) is 0 Å². The number of nitrogens with two attached hydrogens (primary N) is 1. The Bertz CT molecular complexity index is 683. The van der Waals surface area contributed by atoms with Gasteiger partial charge in [-0.3, -0.25) is 4.79 Å². The van der Waals surface area contributed by atoms with Gasteiger partial charge in [-0.25, -0.2) is 4.98 Å². The van der Waals surface area contributed by atoms with Crippen LogP contribution in [-0.2, 0) is 18.0 Å². The van der Waals surface area contributed by atoms with Gasteiger partial charge in [-0.15, -0.1) is 0 Å². The molecular weight excluding hydrogens is 254 g/mol. The number of hydrogen-bond donors (Lipinski definition) is 2. The molecule has 0 saturated heterocycles. The molecule has 102 valence electrons. The van der Waals surface area contributed by atoms with Gasteiger partial charge < -0.3 is 15.8 Å². The van der Waals surface area contributed by atoms with Crippen molar-refractivity contribution in [2.75, 3.05) is 11.1 Å². The molecule has 0 fully saturated rings. The molecule has 0 aliphatic carbocycles. The molecule has 20 heavy (non-hydrogen) atoms. The molecule has 1 aromatic carbocycles. The van der Waals surface area contributed by atoms with E-state index in [9.17, 15) is 4.79 Å². The summed E-state index contributed by atoms with van der Waals surface area (Å²) >= 11 is 0. The number of nitrogen functional groups attached to an aromatic ring is 1. The summed E-state index contributed by atoms with van der Waals surface area (Å²) in [6.07, 6.45) is 1.53. The Balaban J connectivity index is 1.82. The largest absolute Gasteiger partial charge is 0.397 e. The molecule has 3 rings (SSSR count). The van der Waals surface area contributed by atoms with Gasteiger partial charge in [0.05, 0.1) is 25.1 Å². The minimum absolute atomic E-state index is 0.180. The molecule has 0 radical (unpaired) electrons. The third kappa shape index (κ3) is 2.35. The number of anilines is 2. The Kier molecular flexibility index (Phi) is 3.12. The summed E-state index contributed by atoms with van der Waals surface area (Å²) in [6, 6.07) is 7.37. The van der Waals surface area contributed by atoms with Gasteiger partial charge in [-0.2, -0.15) is 0 Å². The molecule has 0 spiro atoms. The molecule has 5 heteroatoms. The van der Waals surface area contributed by atoms with E-state index in [1.54, 1.807) is 12.1 Å². The van der Waals surface area contributed by atoms with Gasteiger partial charge >= 0.3 is 0 Å². The van der Waals surface area contributed by atoms with E-state index < -0.39 is 0 Å². The van der Waals surface area contributed by atoms with Crippen molar-refractivity contribution >= 4 is 17.4 Å². The van der Waals surface area contributed by atoms with E-state index in [1.165, 1.54) is 6.20 Å². The lowest BCUT2D eigenvalue weighted by Gasteiger charge is -2.08. The zero-order valence-electron chi connectivity index (χ0n) is 11.1. The predicted molar refractivity (Wildman–Crippen MR) is 76.3 cm³/mol. The number of amides is 1. The van der Waals surface area contributed by atoms with Crippen LogP contribution in [0.25, 0.3) is 0 Å². The smallest absolute Gasteiger partial charge is 0.256 e. The van der Waals surface area contributed by atoms with Crippen LogP contribution in [0, 0.1) is 6.92 Å². The summed E-state index contributed by atoms with van der Waals surface area (Å²) in [5.74, 6) is 0.348. The minimum Gasteiger partial charge on any atom is -0.397 e. The summed E-state index contributed by atoms with van der Waals surface area (Å²) in [4.78, 5) is 16.4. The topological polar surface area (TPSA) is 77.2 Å². The van der Waals surface area contributed by atoms with Crippen LogP contribution in [0.5, 0.6) is 0 Å². The highest BCUT2D eigenvalue weighted by molar-refractivity contribution is 6.04. The number of nitrogens with zero attached hydrogens (tertiary/aromatic N) is 1. The lowest BCUT2D eigenvalue weighted by molar-refractivity contribution is 0.102. The number of ether oxygens (including phenoxy) is 1. The zero-order chi connectivity index (χ0) is 14.1. The molecule has 0 saturated carbocycles. The van der Waals surface area contributed by atoms with E-state index in [-0.39, 0.29) is 5.91 Å². The van der Waals surface area contributed by atoms with Crippen LogP contribution in [0.3, 0.4) is 0 Å². The van der Waals surface area contributed by atoms with E-state index >= 15 is 0 Å². The van der Waals surface area contributed by atoms with Gasteiger partial charge in [0, 0.05) is 5.56 Å². The van der Waals surface area contributed by atoms with Crippen LogP contribution >= 0.6 is 0 Å². The second-order valence-corrected chi connectivity index (χ2v) is 4.86. The second kappa shape index (κ2) is 4.94. The number of fused-ring (bicyclic) bond motifs is 1. The molecule has 3 N–H and O–H groups in total. The molecule has 2 heterocycles. The Morgan fingerprint density at radius 2 is 2.10 bits per heavy atom. The highest BCUT2D eigenvalue weighted by Gasteiger charge is 2.15. The van der Waals surface area contributed by atoms with E-state index in [4.69, 9.17) is 10.5 Å². The number of benzene rings is 1. The van der Waals surface area contributed by atoms with Gasteiger partial charge in [-0.05, 0) is 41.8 Å². The molecule has 0 atom stereocenters. The summed E-state index contributed by atoms with van der Waals surface area (Å²) in [7, 11) is 0. The lowest BCUT2D eigenvalue weighted by atomic mass is 10.1. The quantitative estimate of drug-likeness (QED) is 0.876. The standard InChI is InChI=1S/C15H15N3O2/c1-9-4-13(16)6-17-14(9)18-15(19)10-2-3-11-7-20-8-12(11)5-10/h2-6H,7-8,16H2,1H3,(H,17,18,19). The number of hydrogen-bond acceptors (Lipinski definition) is 4. The van der Waals surface area contributed by atoms with Crippen LogP contribution in [0.4, 0.5) is 11.5 Å². The lowest BCUT2D eigenvalue weighted by Crippen LogP contribution is -2.14. The number of carbonyl (C=O) groups excluding carboxylic acids is 1. The molecule has 0 bridgehead atoms. The Hall–Kier alpha value is -2.40. The van der Waals surface area contributed by atoms with Crippen molar-refractivity contribution in [2.45, 2.75) is 20.1 Å². The number of aromatic nitrogens is 1. The molecule has 5 nitrogen and oxygen atoms in total. The Morgan fingerprint density at radius 1 is 1.30 bits per heavy atom. The normalized spacial score (nSPS) is 13.1. The first-order valence-corrected chi connectivity index (χ1v) is 6.36. The van der Waals surface area contributed by atoms with E-state index in [0.29, 0.717) is 30.3 Å². The number of pyridine rings is 1. The first-order valence-electron chi connectivity index (χ1n) is 6.36. The molecule has 1 aromatic heterocycles. The Morgan fingerprint density at radius 3 is 2.90 bits per heavy atom. The average Bonchev–Trinajstić information content (AvgIpc) is 2.89. The zero-order valence-corrected chi connectivity index (χ0v) is 11.1. The fourth-order valence-corrected chi connectivity index (χ4v) is 2.22.